The summed E-state index contributed by atoms with van der Waals surface area (Å²) in [7, 11) is 0. The Kier molecular flexibility index (Phi) is 4.03. The number of ketones is 1. The van der Waals surface area contributed by atoms with Crippen LogP contribution in [0.3, 0.4) is 0 Å². The number of halogens is 1. The Morgan fingerprint density at radius 3 is 2.60 bits per heavy atom. The van der Waals surface area contributed by atoms with Crippen LogP contribution in [0, 0.1) is 22.7 Å². The smallest absolute Gasteiger partial charge is 0.165 e. The van der Waals surface area contributed by atoms with Gasteiger partial charge in [-0.3, -0.25) is 4.79 Å². The number of hydrogen-bond acceptors (Lipinski definition) is 3. The highest BCUT2D eigenvalue weighted by Gasteiger charge is 2.11. The highest BCUT2D eigenvalue weighted by atomic mass is 79.9. The van der Waals surface area contributed by atoms with Crippen LogP contribution in [-0.4, -0.2) is 11.1 Å². The molecule has 0 aliphatic rings. The summed E-state index contributed by atoms with van der Waals surface area (Å²) in [6.45, 7) is 0. The number of Topliss-reactive ketones (excluding diaryl/α,β-unsaturated/α-hetero) is 1. The van der Waals surface area contributed by atoms with E-state index >= 15 is 0 Å². The second kappa shape index (κ2) is 5.29. The van der Waals surface area contributed by atoms with Gasteiger partial charge in [0.1, 0.15) is 0 Å². The van der Waals surface area contributed by atoms with Gasteiger partial charge in [0.05, 0.1) is 23.3 Å². The lowest BCUT2D eigenvalue weighted by molar-refractivity contribution is 0.0989. The third kappa shape index (κ3) is 2.65. The van der Waals surface area contributed by atoms with Crippen molar-refractivity contribution >= 4 is 21.7 Å². The first-order valence-corrected chi connectivity index (χ1v) is 5.38. The molecule has 0 saturated heterocycles. The summed E-state index contributed by atoms with van der Waals surface area (Å²) in [5.41, 5.74) is 1.04. The molecule has 74 valence electrons. The number of carbonyl (C=O) groups is 1. The Balaban J connectivity index is 3.20. The molecule has 0 heterocycles. The van der Waals surface area contributed by atoms with E-state index in [0.29, 0.717) is 28.4 Å². The predicted octanol–water partition coefficient (Wildman–Crippen LogP) is 2.40. The van der Waals surface area contributed by atoms with Crippen molar-refractivity contribution in [3.05, 3.63) is 34.9 Å². The summed E-state index contributed by atoms with van der Waals surface area (Å²) in [6, 6.07) is 8.38. The molecule has 0 aliphatic carbocycles. The molecular formula is C11H7BrN2O. The molecule has 0 spiro atoms. The summed E-state index contributed by atoms with van der Waals surface area (Å²) in [4.78, 5) is 11.6. The summed E-state index contributed by atoms with van der Waals surface area (Å²) in [5.74, 6) is -0.125. The number of nitrogens with zero attached hydrogens (tertiary/aromatic N) is 2. The zero-order chi connectivity index (χ0) is 11.3. The fourth-order valence-electron chi connectivity index (χ4n) is 1.16. The van der Waals surface area contributed by atoms with Gasteiger partial charge >= 0.3 is 0 Å². The lowest BCUT2D eigenvalue weighted by Crippen LogP contribution is -2.03. The predicted molar refractivity (Wildman–Crippen MR) is 58.6 cm³/mol. The van der Waals surface area contributed by atoms with Crippen LogP contribution < -0.4 is 0 Å². The van der Waals surface area contributed by atoms with Crippen molar-refractivity contribution in [3.8, 4) is 12.1 Å². The molecule has 0 radical (unpaired) electrons. The van der Waals surface area contributed by atoms with Gasteiger partial charge in [0.2, 0.25) is 0 Å². The van der Waals surface area contributed by atoms with Crippen molar-refractivity contribution in [1.82, 2.24) is 0 Å². The zero-order valence-electron chi connectivity index (χ0n) is 7.83. The van der Waals surface area contributed by atoms with Crippen molar-refractivity contribution in [3.63, 3.8) is 0 Å². The van der Waals surface area contributed by atoms with Crippen LogP contribution in [0.1, 0.15) is 27.9 Å². The molecule has 4 heteroatoms. The summed E-state index contributed by atoms with van der Waals surface area (Å²) >= 11 is 3.16. The van der Waals surface area contributed by atoms with Gasteiger partial charge in [0, 0.05) is 17.3 Å². The third-order valence-corrected chi connectivity index (χ3v) is 2.29. The third-order valence-electron chi connectivity index (χ3n) is 1.89. The van der Waals surface area contributed by atoms with Crippen LogP contribution in [0.2, 0.25) is 0 Å². The van der Waals surface area contributed by atoms with Gasteiger partial charge in [0.15, 0.2) is 5.78 Å². The van der Waals surface area contributed by atoms with Crippen LogP contribution in [0.5, 0.6) is 0 Å². The molecule has 0 saturated carbocycles. The zero-order valence-corrected chi connectivity index (χ0v) is 9.41. The van der Waals surface area contributed by atoms with E-state index in [4.69, 9.17) is 10.5 Å². The van der Waals surface area contributed by atoms with Crippen LogP contribution in [0.25, 0.3) is 0 Å². The van der Waals surface area contributed by atoms with E-state index in [0.717, 1.165) is 0 Å². The van der Waals surface area contributed by atoms with Gasteiger partial charge in [-0.25, -0.2) is 0 Å². The molecular weight excluding hydrogens is 256 g/mol. The van der Waals surface area contributed by atoms with E-state index in [-0.39, 0.29) is 5.78 Å². The Morgan fingerprint density at radius 2 is 2.07 bits per heavy atom. The van der Waals surface area contributed by atoms with Gasteiger partial charge in [-0.2, -0.15) is 10.5 Å². The maximum atomic E-state index is 11.6. The number of alkyl halides is 1. The lowest BCUT2D eigenvalue weighted by Gasteiger charge is -2.01. The van der Waals surface area contributed by atoms with E-state index < -0.39 is 0 Å². The maximum Gasteiger partial charge on any atom is 0.165 e. The topological polar surface area (TPSA) is 64.7 Å². The highest BCUT2D eigenvalue weighted by Crippen LogP contribution is 2.13. The van der Waals surface area contributed by atoms with E-state index in [9.17, 15) is 4.79 Å². The lowest BCUT2D eigenvalue weighted by atomic mass is 10.0. The SMILES string of the molecule is N#Cc1ccc(C#N)c(C(=O)CCBr)c1. The first-order chi connectivity index (χ1) is 7.22. The summed E-state index contributed by atoms with van der Waals surface area (Å²) in [6.07, 6.45) is 0.323. The summed E-state index contributed by atoms with van der Waals surface area (Å²) in [5, 5.41) is 18.0. The van der Waals surface area contributed by atoms with Crippen molar-refractivity contribution in [2.45, 2.75) is 6.42 Å². The molecule has 0 atom stereocenters. The average Bonchev–Trinajstić information content (AvgIpc) is 2.28. The molecule has 0 bridgehead atoms. The van der Waals surface area contributed by atoms with Crippen LogP contribution in [-0.2, 0) is 0 Å². The second-order valence-corrected chi connectivity index (χ2v) is 3.64. The van der Waals surface area contributed by atoms with Crippen molar-refractivity contribution < 1.29 is 4.79 Å². The molecule has 1 aromatic carbocycles. The number of carbonyl (C=O) groups excluding carboxylic acids is 1. The minimum absolute atomic E-state index is 0.125. The molecule has 0 fully saturated rings. The van der Waals surface area contributed by atoms with Crippen molar-refractivity contribution in [2.24, 2.45) is 0 Å². The van der Waals surface area contributed by atoms with E-state index in [2.05, 4.69) is 15.9 Å². The second-order valence-electron chi connectivity index (χ2n) is 2.85. The van der Waals surface area contributed by atoms with Gasteiger partial charge < -0.3 is 0 Å². The number of rotatable bonds is 3. The van der Waals surface area contributed by atoms with Crippen LogP contribution >= 0.6 is 15.9 Å². The molecule has 3 nitrogen and oxygen atoms in total. The van der Waals surface area contributed by atoms with E-state index in [1.54, 1.807) is 0 Å². The minimum Gasteiger partial charge on any atom is -0.294 e. The molecule has 1 aromatic rings. The molecule has 0 amide bonds. The largest absolute Gasteiger partial charge is 0.294 e. The highest BCUT2D eigenvalue weighted by molar-refractivity contribution is 9.09. The number of benzene rings is 1. The van der Waals surface area contributed by atoms with Gasteiger partial charge in [-0.15, -0.1) is 0 Å². The van der Waals surface area contributed by atoms with Gasteiger partial charge in [0.25, 0.3) is 0 Å². The molecule has 0 aromatic heterocycles. The van der Waals surface area contributed by atoms with Gasteiger partial charge in [-0.1, -0.05) is 15.9 Å². The fraction of sp³-hybridized carbons (Fsp3) is 0.182. The Bertz CT molecular complexity index is 468. The van der Waals surface area contributed by atoms with E-state index in [1.807, 2.05) is 12.1 Å². The van der Waals surface area contributed by atoms with Gasteiger partial charge in [-0.05, 0) is 18.2 Å². The molecule has 15 heavy (non-hydrogen) atoms. The monoisotopic (exact) mass is 262 g/mol. The Hall–Kier alpha value is -1.65. The van der Waals surface area contributed by atoms with Crippen LogP contribution in [0.15, 0.2) is 18.2 Å². The summed E-state index contributed by atoms with van der Waals surface area (Å²) < 4.78 is 0. The average molecular weight is 263 g/mol. The minimum atomic E-state index is -0.125. The Labute approximate surface area is 96.1 Å². The number of hydrogen-bond donors (Lipinski definition) is 0. The van der Waals surface area contributed by atoms with Crippen molar-refractivity contribution in [1.29, 1.82) is 10.5 Å². The van der Waals surface area contributed by atoms with E-state index in [1.165, 1.54) is 18.2 Å². The standard InChI is InChI=1S/C11H7BrN2O/c12-4-3-11(15)10-5-8(6-13)1-2-9(10)7-14/h1-2,5H,3-4H2. The first-order valence-electron chi connectivity index (χ1n) is 4.26. The molecule has 1 rings (SSSR count). The van der Waals surface area contributed by atoms with Crippen LogP contribution in [0.4, 0.5) is 0 Å². The molecule has 0 aliphatic heterocycles. The normalized spacial score (nSPS) is 9.00. The first kappa shape index (κ1) is 11.4. The molecule has 0 N–H and O–H groups in total. The number of nitriles is 2. The Morgan fingerprint density at radius 1 is 1.33 bits per heavy atom. The quantitative estimate of drug-likeness (QED) is 0.621. The maximum absolute atomic E-state index is 11.6. The fourth-order valence-corrected chi connectivity index (χ4v) is 1.52. The molecule has 0 unspecified atom stereocenters. The van der Waals surface area contributed by atoms with Crippen molar-refractivity contribution in [2.75, 3.05) is 5.33 Å².